The Morgan fingerprint density at radius 1 is 1.16 bits per heavy atom. The van der Waals surface area contributed by atoms with Gasteiger partial charge < -0.3 is 0 Å². The third-order valence-corrected chi connectivity index (χ3v) is 3.16. The van der Waals surface area contributed by atoms with Crippen LogP contribution in [-0.4, -0.2) is 4.98 Å². The summed E-state index contributed by atoms with van der Waals surface area (Å²) in [6.45, 7) is 0. The van der Waals surface area contributed by atoms with Gasteiger partial charge in [-0.05, 0) is 40.2 Å². The van der Waals surface area contributed by atoms with Gasteiger partial charge in [0.15, 0.2) is 0 Å². The van der Waals surface area contributed by atoms with Crippen molar-refractivity contribution in [3.63, 3.8) is 0 Å². The maximum Gasteiger partial charge on any atom is 0.416 e. The van der Waals surface area contributed by atoms with Crippen molar-refractivity contribution >= 4 is 27.5 Å². The number of hydrogen-bond donors (Lipinski definition) is 0. The number of benzene rings is 1. The summed E-state index contributed by atoms with van der Waals surface area (Å²) in [5.74, 6) is -0.689. The number of alkyl halides is 3. The molecule has 0 N–H and O–H groups in total. The minimum atomic E-state index is -4.57. The number of halogens is 6. The van der Waals surface area contributed by atoms with Crippen LogP contribution >= 0.6 is 27.5 Å². The molecule has 19 heavy (non-hydrogen) atoms. The summed E-state index contributed by atoms with van der Waals surface area (Å²) in [4.78, 5) is 3.72. The van der Waals surface area contributed by atoms with Crippen LogP contribution in [0.5, 0.6) is 0 Å². The second-order valence-electron chi connectivity index (χ2n) is 3.66. The normalized spacial score (nSPS) is 11.7. The van der Waals surface area contributed by atoms with Crippen molar-refractivity contribution in [1.29, 1.82) is 0 Å². The third kappa shape index (κ3) is 3.06. The van der Waals surface area contributed by atoms with Gasteiger partial charge in [-0.1, -0.05) is 17.7 Å². The van der Waals surface area contributed by atoms with Gasteiger partial charge in [0.1, 0.15) is 11.0 Å². The molecule has 100 valence electrons. The van der Waals surface area contributed by atoms with Crippen molar-refractivity contribution in [2.75, 3.05) is 0 Å². The molecule has 1 aromatic carbocycles. The first-order valence-corrected chi connectivity index (χ1v) is 6.15. The number of hydrogen-bond acceptors (Lipinski definition) is 1. The Morgan fingerprint density at radius 3 is 2.47 bits per heavy atom. The van der Waals surface area contributed by atoms with E-state index in [2.05, 4.69) is 20.9 Å². The summed E-state index contributed by atoms with van der Waals surface area (Å²) in [6.07, 6.45) is -4.57. The number of pyridine rings is 1. The van der Waals surface area contributed by atoms with E-state index in [1.165, 1.54) is 18.2 Å². The molecular weight excluding hydrogens is 349 g/mol. The SMILES string of the molecule is Fc1c(Br)cccc1-c1cc(C(F)(F)F)cc(Cl)n1. The lowest BCUT2D eigenvalue weighted by molar-refractivity contribution is -0.137. The zero-order chi connectivity index (χ0) is 14.2. The van der Waals surface area contributed by atoms with E-state index in [4.69, 9.17) is 11.6 Å². The highest BCUT2D eigenvalue weighted by Gasteiger charge is 2.31. The maximum atomic E-state index is 13.8. The molecule has 7 heteroatoms. The lowest BCUT2D eigenvalue weighted by Crippen LogP contribution is -2.06. The average Bonchev–Trinajstić information content (AvgIpc) is 2.31. The van der Waals surface area contributed by atoms with Gasteiger partial charge in [-0.2, -0.15) is 13.2 Å². The Labute approximate surface area is 119 Å². The molecule has 0 unspecified atom stereocenters. The van der Waals surface area contributed by atoms with Crippen LogP contribution in [0.1, 0.15) is 5.56 Å². The van der Waals surface area contributed by atoms with E-state index >= 15 is 0 Å². The predicted molar refractivity (Wildman–Crippen MR) is 67.3 cm³/mol. The summed E-state index contributed by atoms with van der Waals surface area (Å²) in [7, 11) is 0. The minimum Gasteiger partial charge on any atom is -0.236 e. The van der Waals surface area contributed by atoms with Crippen LogP contribution in [0.2, 0.25) is 5.15 Å². The van der Waals surface area contributed by atoms with Crippen LogP contribution in [0.4, 0.5) is 17.6 Å². The first-order valence-electron chi connectivity index (χ1n) is 4.98. The lowest BCUT2D eigenvalue weighted by atomic mass is 10.1. The summed E-state index contributed by atoms with van der Waals surface area (Å²) in [6, 6.07) is 5.73. The average molecular weight is 355 g/mol. The summed E-state index contributed by atoms with van der Waals surface area (Å²) in [5, 5.41) is -0.343. The van der Waals surface area contributed by atoms with Gasteiger partial charge in [-0.3, -0.25) is 0 Å². The molecule has 0 aliphatic carbocycles. The number of nitrogens with zero attached hydrogens (tertiary/aromatic N) is 1. The highest BCUT2D eigenvalue weighted by atomic mass is 79.9. The Hall–Kier alpha value is -1.14. The molecular formula is C12H5BrClF4N. The quantitative estimate of drug-likeness (QED) is 0.499. The molecule has 2 aromatic rings. The topological polar surface area (TPSA) is 12.9 Å². The second kappa shape index (κ2) is 5.09. The second-order valence-corrected chi connectivity index (χ2v) is 4.90. The van der Waals surface area contributed by atoms with E-state index in [0.29, 0.717) is 6.07 Å². The van der Waals surface area contributed by atoms with E-state index in [1.807, 2.05) is 0 Å². The maximum absolute atomic E-state index is 13.8. The molecule has 0 amide bonds. The smallest absolute Gasteiger partial charge is 0.236 e. The zero-order valence-corrected chi connectivity index (χ0v) is 11.4. The molecule has 0 atom stereocenters. The summed E-state index contributed by atoms with van der Waals surface area (Å²) in [5.41, 5.74) is -1.19. The first-order chi connectivity index (χ1) is 8.79. The molecule has 2 rings (SSSR count). The molecule has 1 heterocycles. The fourth-order valence-electron chi connectivity index (χ4n) is 1.50. The van der Waals surface area contributed by atoms with E-state index in [0.717, 1.165) is 6.07 Å². The highest BCUT2D eigenvalue weighted by molar-refractivity contribution is 9.10. The van der Waals surface area contributed by atoms with Gasteiger partial charge in [-0.15, -0.1) is 0 Å². The molecule has 0 saturated heterocycles. The van der Waals surface area contributed by atoms with E-state index < -0.39 is 17.6 Å². The Morgan fingerprint density at radius 2 is 1.84 bits per heavy atom. The van der Waals surface area contributed by atoms with E-state index in [-0.39, 0.29) is 20.9 Å². The van der Waals surface area contributed by atoms with Gasteiger partial charge in [0.25, 0.3) is 0 Å². The van der Waals surface area contributed by atoms with Crippen LogP contribution < -0.4 is 0 Å². The number of rotatable bonds is 1. The van der Waals surface area contributed by atoms with Crippen LogP contribution in [0, 0.1) is 5.82 Å². The van der Waals surface area contributed by atoms with Gasteiger partial charge >= 0.3 is 6.18 Å². The van der Waals surface area contributed by atoms with Crippen molar-refractivity contribution in [3.05, 3.63) is 51.3 Å². The first kappa shape index (κ1) is 14.3. The third-order valence-electron chi connectivity index (χ3n) is 2.35. The van der Waals surface area contributed by atoms with Crippen molar-refractivity contribution in [3.8, 4) is 11.3 Å². The van der Waals surface area contributed by atoms with Crippen molar-refractivity contribution < 1.29 is 17.6 Å². The van der Waals surface area contributed by atoms with Crippen LogP contribution in [0.15, 0.2) is 34.8 Å². The summed E-state index contributed by atoms with van der Waals surface area (Å²) >= 11 is 8.51. The molecule has 1 aromatic heterocycles. The molecule has 0 saturated carbocycles. The minimum absolute atomic E-state index is 0.0534. The van der Waals surface area contributed by atoms with E-state index in [1.54, 1.807) is 0 Å². The lowest BCUT2D eigenvalue weighted by Gasteiger charge is -2.10. The van der Waals surface area contributed by atoms with Gasteiger partial charge in [-0.25, -0.2) is 9.37 Å². The predicted octanol–water partition coefficient (Wildman–Crippen LogP) is 5.32. The van der Waals surface area contributed by atoms with Crippen LogP contribution in [0.25, 0.3) is 11.3 Å². The Kier molecular flexibility index (Phi) is 3.82. The van der Waals surface area contributed by atoms with Crippen molar-refractivity contribution in [1.82, 2.24) is 4.98 Å². The van der Waals surface area contributed by atoms with Crippen LogP contribution in [-0.2, 0) is 6.18 Å². The summed E-state index contributed by atoms with van der Waals surface area (Å²) < 4.78 is 51.9. The van der Waals surface area contributed by atoms with E-state index in [9.17, 15) is 17.6 Å². The molecule has 0 spiro atoms. The van der Waals surface area contributed by atoms with Crippen molar-refractivity contribution in [2.24, 2.45) is 0 Å². The Balaban J connectivity index is 2.63. The van der Waals surface area contributed by atoms with Gasteiger partial charge in [0.05, 0.1) is 15.7 Å². The molecule has 0 aliphatic rings. The molecule has 0 aliphatic heterocycles. The zero-order valence-electron chi connectivity index (χ0n) is 9.10. The molecule has 1 nitrogen and oxygen atoms in total. The fourth-order valence-corrected chi connectivity index (χ4v) is 2.07. The molecule has 0 bridgehead atoms. The standard InChI is InChI=1S/C12H5BrClF4N/c13-8-3-1-2-7(11(8)15)9-4-6(12(16,17)18)5-10(14)19-9/h1-5H. The van der Waals surface area contributed by atoms with Crippen LogP contribution in [0.3, 0.4) is 0 Å². The molecule has 0 fully saturated rings. The molecule has 0 radical (unpaired) electrons. The van der Waals surface area contributed by atoms with Crippen molar-refractivity contribution in [2.45, 2.75) is 6.18 Å². The Bertz CT molecular complexity index is 628. The highest BCUT2D eigenvalue weighted by Crippen LogP contribution is 2.34. The fraction of sp³-hybridized carbons (Fsp3) is 0.0833. The van der Waals surface area contributed by atoms with Gasteiger partial charge in [0, 0.05) is 5.56 Å². The largest absolute Gasteiger partial charge is 0.416 e. The number of aromatic nitrogens is 1. The van der Waals surface area contributed by atoms with Gasteiger partial charge in [0.2, 0.25) is 0 Å². The monoisotopic (exact) mass is 353 g/mol.